The number of nitrogens with one attached hydrogen (secondary N) is 1. The fourth-order valence-corrected chi connectivity index (χ4v) is 2.06. The highest BCUT2D eigenvalue weighted by Crippen LogP contribution is 2.19. The molecule has 0 radical (unpaired) electrons. The van der Waals surface area contributed by atoms with Gasteiger partial charge >= 0.3 is 0 Å². The number of amides is 1. The van der Waals surface area contributed by atoms with Crippen LogP contribution in [0.3, 0.4) is 0 Å². The standard InChI is InChI=1S/C18H19NO2/c1-12(2)14-6-5-9-17(11-14)19-18(21)16-8-4-7-15(10-16)13(3)20/h4-12H,1-3H3,(H,19,21). The van der Waals surface area contributed by atoms with Gasteiger partial charge in [0.05, 0.1) is 0 Å². The van der Waals surface area contributed by atoms with Crippen molar-refractivity contribution in [1.82, 2.24) is 0 Å². The lowest BCUT2D eigenvalue weighted by Crippen LogP contribution is -2.12. The van der Waals surface area contributed by atoms with E-state index < -0.39 is 0 Å². The van der Waals surface area contributed by atoms with Crippen LogP contribution >= 0.6 is 0 Å². The molecule has 21 heavy (non-hydrogen) atoms. The molecule has 0 atom stereocenters. The fraction of sp³-hybridized carbons (Fsp3) is 0.222. The molecule has 0 aliphatic carbocycles. The van der Waals surface area contributed by atoms with Gasteiger partial charge in [-0.2, -0.15) is 0 Å². The van der Waals surface area contributed by atoms with E-state index in [-0.39, 0.29) is 11.7 Å². The summed E-state index contributed by atoms with van der Waals surface area (Å²) in [5.41, 5.74) is 2.96. The molecule has 1 N–H and O–H groups in total. The first-order valence-corrected chi connectivity index (χ1v) is 6.99. The maximum Gasteiger partial charge on any atom is 0.255 e. The Morgan fingerprint density at radius 1 is 0.952 bits per heavy atom. The van der Waals surface area contributed by atoms with E-state index in [2.05, 4.69) is 19.2 Å². The Morgan fingerprint density at radius 2 is 1.62 bits per heavy atom. The summed E-state index contributed by atoms with van der Waals surface area (Å²) in [4.78, 5) is 23.6. The van der Waals surface area contributed by atoms with Gasteiger partial charge < -0.3 is 5.32 Å². The van der Waals surface area contributed by atoms with Crippen molar-refractivity contribution in [2.24, 2.45) is 0 Å². The summed E-state index contributed by atoms with van der Waals surface area (Å²) in [6.45, 7) is 5.71. The maximum atomic E-state index is 12.2. The third-order valence-corrected chi connectivity index (χ3v) is 3.34. The van der Waals surface area contributed by atoms with Gasteiger partial charge in [-0.15, -0.1) is 0 Å². The zero-order chi connectivity index (χ0) is 15.4. The summed E-state index contributed by atoms with van der Waals surface area (Å²) in [5, 5.41) is 2.87. The van der Waals surface area contributed by atoms with Crippen molar-refractivity contribution < 1.29 is 9.59 Å². The van der Waals surface area contributed by atoms with E-state index in [1.165, 1.54) is 12.5 Å². The number of anilines is 1. The molecule has 2 rings (SSSR count). The smallest absolute Gasteiger partial charge is 0.255 e. The van der Waals surface area contributed by atoms with Gasteiger partial charge in [0, 0.05) is 16.8 Å². The van der Waals surface area contributed by atoms with Crippen LogP contribution in [0.5, 0.6) is 0 Å². The molecule has 1 amide bonds. The Labute approximate surface area is 125 Å². The number of carbonyl (C=O) groups excluding carboxylic acids is 2. The lowest BCUT2D eigenvalue weighted by atomic mass is 10.0. The van der Waals surface area contributed by atoms with Gasteiger partial charge in [0.15, 0.2) is 5.78 Å². The minimum absolute atomic E-state index is 0.0496. The van der Waals surface area contributed by atoms with Gasteiger partial charge in [-0.25, -0.2) is 0 Å². The van der Waals surface area contributed by atoms with Crippen LogP contribution in [-0.4, -0.2) is 11.7 Å². The van der Waals surface area contributed by atoms with E-state index in [1.54, 1.807) is 24.3 Å². The van der Waals surface area contributed by atoms with Crippen LogP contribution in [0.4, 0.5) is 5.69 Å². The van der Waals surface area contributed by atoms with Crippen LogP contribution in [0.1, 0.15) is 53.0 Å². The van der Waals surface area contributed by atoms with Crippen LogP contribution in [0, 0.1) is 0 Å². The Hall–Kier alpha value is -2.42. The van der Waals surface area contributed by atoms with E-state index in [1.807, 2.05) is 24.3 Å². The molecule has 0 saturated heterocycles. The van der Waals surface area contributed by atoms with Gasteiger partial charge in [-0.1, -0.05) is 38.1 Å². The third-order valence-electron chi connectivity index (χ3n) is 3.34. The molecule has 0 saturated carbocycles. The molecular weight excluding hydrogens is 262 g/mol. The van der Waals surface area contributed by atoms with E-state index in [0.29, 0.717) is 17.0 Å². The number of ketones is 1. The Balaban J connectivity index is 2.20. The summed E-state index contributed by atoms with van der Waals surface area (Å²) in [6, 6.07) is 14.5. The number of hydrogen-bond donors (Lipinski definition) is 1. The third kappa shape index (κ3) is 3.78. The predicted octanol–water partition coefficient (Wildman–Crippen LogP) is 4.26. The molecule has 108 valence electrons. The minimum atomic E-state index is -0.209. The molecule has 0 aliphatic rings. The second-order valence-electron chi connectivity index (χ2n) is 5.37. The van der Waals surface area contributed by atoms with Crippen molar-refractivity contribution >= 4 is 17.4 Å². The highest BCUT2D eigenvalue weighted by molar-refractivity contribution is 6.06. The van der Waals surface area contributed by atoms with Gasteiger partial charge in [-0.3, -0.25) is 9.59 Å². The minimum Gasteiger partial charge on any atom is -0.322 e. The van der Waals surface area contributed by atoms with Crippen molar-refractivity contribution in [2.75, 3.05) is 5.32 Å². The maximum absolute atomic E-state index is 12.2. The molecule has 0 heterocycles. The summed E-state index contributed by atoms with van der Waals surface area (Å²) >= 11 is 0. The Morgan fingerprint density at radius 3 is 2.29 bits per heavy atom. The number of hydrogen-bond acceptors (Lipinski definition) is 2. The molecule has 3 heteroatoms. The topological polar surface area (TPSA) is 46.2 Å². The van der Waals surface area contributed by atoms with E-state index >= 15 is 0 Å². The van der Waals surface area contributed by atoms with Crippen molar-refractivity contribution in [3.05, 3.63) is 65.2 Å². The summed E-state index contributed by atoms with van der Waals surface area (Å²) in [7, 11) is 0. The van der Waals surface area contributed by atoms with Crippen molar-refractivity contribution in [3.63, 3.8) is 0 Å². The largest absolute Gasteiger partial charge is 0.322 e. The number of rotatable bonds is 4. The van der Waals surface area contributed by atoms with Crippen molar-refractivity contribution in [2.45, 2.75) is 26.7 Å². The lowest BCUT2D eigenvalue weighted by Gasteiger charge is -2.10. The normalized spacial score (nSPS) is 10.5. The van der Waals surface area contributed by atoms with Crippen LogP contribution in [0.15, 0.2) is 48.5 Å². The van der Waals surface area contributed by atoms with Gasteiger partial charge in [0.1, 0.15) is 0 Å². The number of carbonyl (C=O) groups is 2. The Bertz CT molecular complexity index is 674. The highest BCUT2D eigenvalue weighted by Gasteiger charge is 2.09. The first-order chi connectivity index (χ1) is 9.97. The summed E-state index contributed by atoms with van der Waals surface area (Å²) < 4.78 is 0. The average Bonchev–Trinajstić information content (AvgIpc) is 2.47. The van der Waals surface area contributed by atoms with Crippen LogP contribution in [0.25, 0.3) is 0 Å². The molecule has 0 aromatic heterocycles. The quantitative estimate of drug-likeness (QED) is 0.851. The van der Waals surface area contributed by atoms with E-state index in [0.717, 1.165) is 5.69 Å². The zero-order valence-electron chi connectivity index (χ0n) is 12.5. The second-order valence-corrected chi connectivity index (χ2v) is 5.37. The van der Waals surface area contributed by atoms with E-state index in [9.17, 15) is 9.59 Å². The number of Topliss-reactive ketones (excluding diaryl/α,β-unsaturated/α-hetero) is 1. The highest BCUT2D eigenvalue weighted by atomic mass is 16.1. The molecule has 0 fully saturated rings. The van der Waals surface area contributed by atoms with Crippen LogP contribution < -0.4 is 5.32 Å². The van der Waals surface area contributed by atoms with Crippen molar-refractivity contribution in [3.8, 4) is 0 Å². The fourth-order valence-electron chi connectivity index (χ4n) is 2.06. The van der Waals surface area contributed by atoms with Crippen molar-refractivity contribution in [1.29, 1.82) is 0 Å². The van der Waals surface area contributed by atoms with Gasteiger partial charge in [0.25, 0.3) is 5.91 Å². The first-order valence-electron chi connectivity index (χ1n) is 6.99. The zero-order valence-corrected chi connectivity index (χ0v) is 12.5. The Kier molecular flexibility index (Phi) is 4.53. The lowest BCUT2D eigenvalue weighted by molar-refractivity contribution is 0.101. The molecule has 3 nitrogen and oxygen atoms in total. The monoisotopic (exact) mass is 281 g/mol. The molecule has 2 aromatic rings. The molecule has 0 unspecified atom stereocenters. The molecule has 0 aliphatic heterocycles. The molecule has 2 aromatic carbocycles. The second kappa shape index (κ2) is 6.35. The van der Waals surface area contributed by atoms with Crippen LogP contribution in [-0.2, 0) is 0 Å². The van der Waals surface area contributed by atoms with Gasteiger partial charge in [-0.05, 0) is 42.7 Å². The molecular formula is C18H19NO2. The molecule has 0 spiro atoms. The SMILES string of the molecule is CC(=O)c1cccc(C(=O)Nc2cccc(C(C)C)c2)c1. The molecule has 0 bridgehead atoms. The van der Waals surface area contributed by atoms with Gasteiger partial charge in [0.2, 0.25) is 0 Å². The van der Waals surface area contributed by atoms with E-state index in [4.69, 9.17) is 0 Å². The summed E-state index contributed by atoms with van der Waals surface area (Å²) in [6.07, 6.45) is 0. The predicted molar refractivity (Wildman–Crippen MR) is 84.9 cm³/mol. The van der Waals surface area contributed by atoms with Crippen LogP contribution in [0.2, 0.25) is 0 Å². The summed E-state index contributed by atoms with van der Waals surface area (Å²) in [5.74, 6) is 0.147. The first kappa shape index (κ1) is 15.0. The number of benzene rings is 2. The average molecular weight is 281 g/mol.